The van der Waals surface area contributed by atoms with Crippen LogP contribution in [0.4, 0.5) is 10.1 Å². The van der Waals surface area contributed by atoms with Gasteiger partial charge in [0.2, 0.25) is 5.91 Å². The lowest BCUT2D eigenvalue weighted by molar-refractivity contribution is -0.114. The molecule has 1 saturated carbocycles. The Morgan fingerprint density at radius 3 is 2.39 bits per heavy atom. The summed E-state index contributed by atoms with van der Waals surface area (Å²) in [5, 5.41) is 2.90. The standard InChI is InChI=1S/C27H33FN2O2.ClH/c1-19(31)29-24-10-7-21-17-27(18-22(21)16-24)13-11-25(12-14-27)30(2)15-3-4-26(32)20-5-8-23(28)9-6-20;/h5-10,16,25H,3-4,11-15,17-18H2,1-2H3,(H,29,31);1H. The maximum atomic E-state index is 13.0. The Labute approximate surface area is 202 Å². The summed E-state index contributed by atoms with van der Waals surface area (Å²) in [5.74, 6) is -0.251. The molecule has 178 valence electrons. The van der Waals surface area contributed by atoms with Crippen LogP contribution in [0.25, 0.3) is 0 Å². The van der Waals surface area contributed by atoms with Gasteiger partial charge in [-0.15, -0.1) is 12.4 Å². The summed E-state index contributed by atoms with van der Waals surface area (Å²) in [6.45, 7) is 2.45. The highest BCUT2D eigenvalue weighted by molar-refractivity contribution is 5.96. The molecule has 0 radical (unpaired) electrons. The van der Waals surface area contributed by atoms with E-state index in [2.05, 4.69) is 29.4 Å². The summed E-state index contributed by atoms with van der Waals surface area (Å²) in [7, 11) is 2.17. The van der Waals surface area contributed by atoms with Gasteiger partial charge in [-0.3, -0.25) is 9.59 Å². The van der Waals surface area contributed by atoms with Crippen LogP contribution in [0.2, 0.25) is 0 Å². The van der Waals surface area contributed by atoms with E-state index < -0.39 is 0 Å². The van der Waals surface area contributed by atoms with E-state index >= 15 is 0 Å². The predicted octanol–water partition coefficient (Wildman–Crippen LogP) is 5.83. The minimum atomic E-state index is -0.310. The fraction of sp³-hybridized carbons (Fsp3) is 0.481. The molecule has 4 rings (SSSR count). The van der Waals surface area contributed by atoms with Crippen LogP contribution in [0.3, 0.4) is 0 Å². The molecule has 2 aromatic rings. The number of rotatable bonds is 7. The summed E-state index contributed by atoms with van der Waals surface area (Å²) in [4.78, 5) is 26.1. The highest BCUT2D eigenvalue weighted by Gasteiger charge is 2.40. The number of fused-ring (bicyclic) bond motifs is 1. The normalized spacial score (nSPS) is 21.5. The van der Waals surface area contributed by atoms with Crippen molar-refractivity contribution in [3.05, 3.63) is 65.0 Å². The van der Waals surface area contributed by atoms with Crippen molar-refractivity contribution in [2.75, 3.05) is 18.9 Å². The fourth-order valence-corrected chi connectivity index (χ4v) is 5.58. The predicted molar refractivity (Wildman–Crippen MR) is 133 cm³/mol. The summed E-state index contributed by atoms with van der Waals surface area (Å²) >= 11 is 0. The highest BCUT2D eigenvalue weighted by atomic mass is 35.5. The Morgan fingerprint density at radius 2 is 1.73 bits per heavy atom. The lowest BCUT2D eigenvalue weighted by atomic mass is 9.70. The number of nitrogens with zero attached hydrogens (tertiary/aromatic N) is 1. The second-order valence-corrected chi connectivity index (χ2v) is 9.76. The molecule has 1 spiro atoms. The zero-order chi connectivity index (χ0) is 22.7. The Bertz CT molecular complexity index is 984. The first kappa shape index (κ1) is 25.4. The summed E-state index contributed by atoms with van der Waals surface area (Å²) < 4.78 is 13.0. The van der Waals surface area contributed by atoms with E-state index in [0.717, 1.165) is 31.5 Å². The van der Waals surface area contributed by atoms with Crippen LogP contribution in [0.1, 0.15) is 66.9 Å². The Hall–Kier alpha value is -2.24. The van der Waals surface area contributed by atoms with Gasteiger partial charge in [0.25, 0.3) is 0 Å². The van der Waals surface area contributed by atoms with Crippen molar-refractivity contribution in [1.82, 2.24) is 4.90 Å². The smallest absolute Gasteiger partial charge is 0.221 e. The number of amides is 1. The molecule has 0 heterocycles. The average molecular weight is 473 g/mol. The van der Waals surface area contributed by atoms with Crippen LogP contribution in [0.15, 0.2) is 42.5 Å². The monoisotopic (exact) mass is 472 g/mol. The van der Waals surface area contributed by atoms with E-state index in [4.69, 9.17) is 0 Å². The van der Waals surface area contributed by atoms with Gasteiger partial charge < -0.3 is 10.2 Å². The van der Waals surface area contributed by atoms with E-state index in [1.807, 2.05) is 6.07 Å². The van der Waals surface area contributed by atoms with Gasteiger partial charge in [-0.05, 0) is 111 Å². The second kappa shape index (κ2) is 10.8. The van der Waals surface area contributed by atoms with Gasteiger partial charge in [0.05, 0.1) is 0 Å². The van der Waals surface area contributed by atoms with Crippen LogP contribution in [-0.4, -0.2) is 36.2 Å². The minimum absolute atomic E-state index is 0. The molecule has 2 aromatic carbocycles. The third-order valence-electron chi connectivity index (χ3n) is 7.38. The average Bonchev–Trinajstić information content (AvgIpc) is 3.11. The first-order chi connectivity index (χ1) is 15.3. The number of carbonyl (C=O) groups excluding carboxylic acids is 2. The number of halogens is 2. The molecule has 0 unspecified atom stereocenters. The lowest BCUT2D eigenvalue weighted by Crippen LogP contribution is -2.39. The van der Waals surface area contributed by atoms with Crippen molar-refractivity contribution in [3.8, 4) is 0 Å². The molecule has 0 saturated heterocycles. The van der Waals surface area contributed by atoms with Gasteiger partial charge in [-0.2, -0.15) is 0 Å². The number of hydrogen-bond acceptors (Lipinski definition) is 3. The fourth-order valence-electron chi connectivity index (χ4n) is 5.58. The van der Waals surface area contributed by atoms with E-state index in [1.165, 1.54) is 48.9 Å². The third-order valence-corrected chi connectivity index (χ3v) is 7.38. The van der Waals surface area contributed by atoms with Gasteiger partial charge in [-0.1, -0.05) is 6.07 Å². The zero-order valence-corrected chi connectivity index (χ0v) is 20.3. The molecule has 2 aliphatic carbocycles. The number of nitrogens with one attached hydrogen (secondary N) is 1. The maximum Gasteiger partial charge on any atom is 0.221 e. The Kier molecular flexibility index (Phi) is 8.30. The van der Waals surface area contributed by atoms with Crippen molar-refractivity contribution >= 4 is 29.8 Å². The van der Waals surface area contributed by atoms with Crippen LogP contribution in [0, 0.1) is 11.2 Å². The van der Waals surface area contributed by atoms with E-state index in [0.29, 0.717) is 23.4 Å². The summed E-state index contributed by atoms with van der Waals surface area (Å²) in [5.41, 5.74) is 4.69. The van der Waals surface area contributed by atoms with Crippen molar-refractivity contribution in [3.63, 3.8) is 0 Å². The first-order valence-corrected chi connectivity index (χ1v) is 11.7. The third kappa shape index (κ3) is 6.21. The van der Waals surface area contributed by atoms with Crippen LogP contribution >= 0.6 is 12.4 Å². The Morgan fingerprint density at radius 1 is 1.06 bits per heavy atom. The van der Waals surface area contributed by atoms with Gasteiger partial charge in [0.1, 0.15) is 5.82 Å². The van der Waals surface area contributed by atoms with Crippen molar-refractivity contribution < 1.29 is 14.0 Å². The summed E-state index contributed by atoms with van der Waals surface area (Å²) in [6, 6.07) is 12.8. The molecule has 0 aliphatic heterocycles. The van der Waals surface area contributed by atoms with E-state index in [-0.39, 0.29) is 29.9 Å². The maximum absolute atomic E-state index is 13.0. The topological polar surface area (TPSA) is 49.4 Å². The molecule has 1 amide bonds. The van der Waals surface area contributed by atoms with Crippen LogP contribution in [-0.2, 0) is 17.6 Å². The van der Waals surface area contributed by atoms with E-state index in [1.54, 1.807) is 19.1 Å². The number of hydrogen-bond donors (Lipinski definition) is 1. The largest absolute Gasteiger partial charge is 0.326 e. The van der Waals surface area contributed by atoms with Gasteiger partial charge in [0.15, 0.2) is 5.78 Å². The van der Waals surface area contributed by atoms with Crippen molar-refractivity contribution in [2.24, 2.45) is 5.41 Å². The van der Waals surface area contributed by atoms with Gasteiger partial charge in [0, 0.05) is 30.6 Å². The lowest BCUT2D eigenvalue weighted by Gasteiger charge is -2.40. The van der Waals surface area contributed by atoms with E-state index in [9.17, 15) is 14.0 Å². The van der Waals surface area contributed by atoms with Crippen LogP contribution in [0.5, 0.6) is 0 Å². The van der Waals surface area contributed by atoms with Gasteiger partial charge >= 0.3 is 0 Å². The number of benzene rings is 2. The van der Waals surface area contributed by atoms with Crippen LogP contribution < -0.4 is 5.32 Å². The molecule has 2 aliphatic rings. The molecule has 0 aromatic heterocycles. The molecule has 1 fully saturated rings. The molecule has 0 bridgehead atoms. The molecular weight excluding hydrogens is 439 g/mol. The molecular formula is C27H34ClFN2O2. The summed E-state index contributed by atoms with van der Waals surface area (Å²) in [6.07, 6.45) is 8.40. The second-order valence-electron chi connectivity index (χ2n) is 9.76. The zero-order valence-electron chi connectivity index (χ0n) is 19.5. The Balaban J connectivity index is 0.00000306. The number of anilines is 1. The molecule has 4 nitrogen and oxygen atoms in total. The molecule has 1 N–H and O–H groups in total. The number of ketones is 1. The molecule has 33 heavy (non-hydrogen) atoms. The molecule has 6 heteroatoms. The first-order valence-electron chi connectivity index (χ1n) is 11.7. The van der Waals surface area contributed by atoms with Gasteiger partial charge in [-0.25, -0.2) is 4.39 Å². The quantitative estimate of drug-likeness (QED) is 0.516. The highest BCUT2D eigenvalue weighted by Crippen LogP contribution is 2.48. The van der Waals surface area contributed by atoms with Crippen molar-refractivity contribution in [1.29, 1.82) is 0 Å². The minimum Gasteiger partial charge on any atom is -0.326 e. The molecule has 0 atom stereocenters. The number of Topliss-reactive ketones (excluding diaryl/α,β-unsaturated/α-hetero) is 1. The number of carbonyl (C=O) groups is 2. The SMILES string of the molecule is CC(=O)Nc1ccc2c(c1)CC1(CCC(N(C)CCCC(=O)c3ccc(F)cc3)CC1)C2.Cl. The van der Waals surface area contributed by atoms with Crippen molar-refractivity contribution in [2.45, 2.75) is 64.3 Å².